The van der Waals surface area contributed by atoms with Gasteiger partial charge in [-0.05, 0) is 17.7 Å². The van der Waals surface area contributed by atoms with Gasteiger partial charge in [-0.3, -0.25) is 9.78 Å². The lowest BCUT2D eigenvalue weighted by Crippen LogP contribution is -2.45. The molecule has 7 nitrogen and oxygen atoms in total. The summed E-state index contributed by atoms with van der Waals surface area (Å²) in [6.07, 6.45) is 0.910. The maximum atomic E-state index is 12.7. The number of nitrogens with zero attached hydrogens (tertiary/aromatic N) is 2. The van der Waals surface area contributed by atoms with Crippen molar-refractivity contribution in [3.05, 3.63) is 72.1 Å². The van der Waals surface area contributed by atoms with Crippen LogP contribution in [0.3, 0.4) is 0 Å². The molecule has 1 amide bonds. The van der Waals surface area contributed by atoms with Gasteiger partial charge in [0.25, 0.3) is 5.91 Å². The van der Waals surface area contributed by atoms with Crippen LogP contribution < -0.4 is 5.32 Å². The average molecular weight is 379 g/mol. The lowest BCUT2D eigenvalue weighted by atomic mass is 10.1. The van der Waals surface area contributed by atoms with E-state index in [1.54, 1.807) is 18.3 Å². The molecule has 2 aromatic carbocycles. The standard InChI is InChI=1S/C21H21N3O4/c1-27-19(14-8-4-3-5-9-14)20(25)24-18(21(26)28-2)12-15-13-22-16-10-6-7-11-17(16)23-15/h3-11,13,18-19H,12H2,1-2H3,(H,24,25)/t18-,19+/m1/s1. The molecular formula is C21H21N3O4. The number of hydrogen-bond acceptors (Lipinski definition) is 6. The Morgan fingerprint density at radius 3 is 2.36 bits per heavy atom. The van der Waals surface area contributed by atoms with Gasteiger partial charge in [-0.25, -0.2) is 9.78 Å². The van der Waals surface area contributed by atoms with Crippen LogP contribution in [-0.4, -0.2) is 42.1 Å². The molecule has 144 valence electrons. The molecule has 0 fully saturated rings. The van der Waals surface area contributed by atoms with Crippen LogP contribution in [0.5, 0.6) is 0 Å². The van der Waals surface area contributed by atoms with Gasteiger partial charge in [-0.2, -0.15) is 0 Å². The summed E-state index contributed by atoms with van der Waals surface area (Å²) in [7, 11) is 2.72. The third kappa shape index (κ3) is 4.50. The number of nitrogens with one attached hydrogen (secondary N) is 1. The topological polar surface area (TPSA) is 90.4 Å². The van der Waals surface area contributed by atoms with E-state index >= 15 is 0 Å². The van der Waals surface area contributed by atoms with Crippen molar-refractivity contribution in [2.45, 2.75) is 18.6 Å². The first-order valence-corrected chi connectivity index (χ1v) is 8.79. The predicted molar refractivity (Wildman–Crippen MR) is 103 cm³/mol. The fourth-order valence-electron chi connectivity index (χ4n) is 2.91. The number of carbonyl (C=O) groups excluding carboxylic acids is 2. The molecular weight excluding hydrogens is 358 g/mol. The smallest absolute Gasteiger partial charge is 0.328 e. The van der Waals surface area contributed by atoms with E-state index < -0.39 is 24.0 Å². The zero-order chi connectivity index (χ0) is 19.9. The SMILES string of the molecule is COC(=O)[C@@H](Cc1cnc2ccccc2n1)NC(=O)[C@@H](OC)c1ccccc1. The maximum Gasteiger partial charge on any atom is 0.328 e. The summed E-state index contributed by atoms with van der Waals surface area (Å²) in [6.45, 7) is 0. The van der Waals surface area contributed by atoms with Crippen molar-refractivity contribution in [2.24, 2.45) is 0 Å². The van der Waals surface area contributed by atoms with Crippen molar-refractivity contribution >= 4 is 22.9 Å². The number of esters is 1. The minimum Gasteiger partial charge on any atom is -0.467 e. The number of fused-ring (bicyclic) bond motifs is 1. The molecule has 1 aromatic heterocycles. The second kappa shape index (κ2) is 9.05. The molecule has 0 saturated heterocycles. The van der Waals surface area contributed by atoms with Gasteiger partial charge >= 0.3 is 5.97 Å². The third-order valence-electron chi connectivity index (χ3n) is 4.29. The largest absolute Gasteiger partial charge is 0.467 e. The molecule has 7 heteroatoms. The highest BCUT2D eigenvalue weighted by atomic mass is 16.5. The molecule has 1 heterocycles. The molecule has 0 aliphatic rings. The Labute approximate surface area is 162 Å². The summed E-state index contributed by atoms with van der Waals surface area (Å²) in [5, 5.41) is 2.71. The van der Waals surface area contributed by atoms with Gasteiger partial charge in [0, 0.05) is 19.7 Å². The third-order valence-corrected chi connectivity index (χ3v) is 4.29. The molecule has 0 unspecified atom stereocenters. The van der Waals surface area contributed by atoms with E-state index in [2.05, 4.69) is 15.3 Å². The quantitative estimate of drug-likeness (QED) is 0.633. The van der Waals surface area contributed by atoms with Gasteiger partial charge in [-0.15, -0.1) is 0 Å². The van der Waals surface area contributed by atoms with Crippen LogP contribution in [0.25, 0.3) is 11.0 Å². The zero-order valence-corrected chi connectivity index (χ0v) is 15.7. The van der Waals surface area contributed by atoms with Gasteiger partial charge in [0.05, 0.1) is 23.8 Å². The molecule has 0 spiro atoms. The lowest BCUT2D eigenvalue weighted by molar-refractivity contribution is -0.146. The zero-order valence-electron chi connectivity index (χ0n) is 15.7. The number of aromatic nitrogens is 2. The number of amides is 1. The van der Waals surface area contributed by atoms with Crippen LogP contribution in [0.4, 0.5) is 0 Å². The Kier molecular flexibility index (Phi) is 6.29. The van der Waals surface area contributed by atoms with Gasteiger partial charge < -0.3 is 14.8 Å². The van der Waals surface area contributed by atoms with Crippen LogP contribution in [0.1, 0.15) is 17.4 Å². The Morgan fingerprint density at radius 2 is 1.68 bits per heavy atom. The average Bonchev–Trinajstić information content (AvgIpc) is 2.74. The Hall–Kier alpha value is -3.32. The molecule has 1 N–H and O–H groups in total. The number of methoxy groups -OCH3 is 2. The fraction of sp³-hybridized carbons (Fsp3) is 0.238. The van der Waals surface area contributed by atoms with Crippen molar-refractivity contribution in [1.82, 2.24) is 15.3 Å². The summed E-state index contributed by atoms with van der Waals surface area (Å²) < 4.78 is 10.2. The highest BCUT2D eigenvalue weighted by Gasteiger charge is 2.28. The van der Waals surface area contributed by atoms with E-state index in [4.69, 9.17) is 9.47 Å². The normalized spacial score (nSPS) is 12.9. The Balaban J connectivity index is 1.79. The van der Waals surface area contributed by atoms with Crippen LogP contribution in [0.2, 0.25) is 0 Å². The molecule has 0 saturated carbocycles. The number of hydrogen-bond donors (Lipinski definition) is 1. The summed E-state index contributed by atoms with van der Waals surface area (Å²) in [6, 6.07) is 15.6. The van der Waals surface area contributed by atoms with Crippen molar-refractivity contribution in [3.63, 3.8) is 0 Å². The molecule has 0 radical (unpaired) electrons. The van der Waals surface area contributed by atoms with Crippen LogP contribution in [0.15, 0.2) is 60.8 Å². The van der Waals surface area contributed by atoms with E-state index in [0.29, 0.717) is 16.8 Å². The Morgan fingerprint density at radius 1 is 1.00 bits per heavy atom. The Bertz CT molecular complexity index is 962. The summed E-state index contributed by atoms with van der Waals surface area (Å²) in [4.78, 5) is 33.8. The first-order valence-electron chi connectivity index (χ1n) is 8.79. The molecule has 0 aliphatic carbocycles. The monoisotopic (exact) mass is 379 g/mol. The number of para-hydroxylation sites is 2. The molecule has 0 bridgehead atoms. The van der Waals surface area contributed by atoms with E-state index in [0.717, 1.165) is 5.52 Å². The van der Waals surface area contributed by atoms with Crippen molar-refractivity contribution in [3.8, 4) is 0 Å². The van der Waals surface area contributed by atoms with Gasteiger partial charge in [0.2, 0.25) is 0 Å². The highest BCUT2D eigenvalue weighted by molar-refractivity contribution is 5.88. The summed E-state index contributed by atoms with van der Waals surface area (Å²) >= 11 is 0. The fourth-order valence-corrected chi connectivity index (χ4v) is 2.91. The number of ether oxygens (including phenoxy) is 2. The first-order chi connectivity index (χ1) is 13.6. The predicted octanol–water partition coefficient (Wildman–Crippen LogP) is 2.22. The van der Waals surface area contributed by atoms with Crippen molar-refractivity contribution in [2.75, 3.05) is 14.2 Å². The minimum absolute atomic E-state index is 0.154. The van der Waals surface area contributed by atoms with Gasteiger partial charge in [-0.1, -0.05) is 42.5 Å². The van der Waals surface area contributed by atoms with Crippen LogP contribution in [-0.2, 0) is 25.5 Å². The van der Waals surface area contributed by atoms with E-state index in [1.165, 1.54) is 14.2 Å². The second-order valence-electron chi connectivity index (χ2n) is 6.16. The van der Waals surface area contributed by atoms with E-state index in [-0.39, 0.29) is 6.42 Å². The second-order valence-corrected chi connectivity index (χ2v) is 6.16. The number of rotatable bonds is 7. The first kappa shape index (κ1) is 19.4. The summed E-state index contributed by atoms with van der Waals surface area (Å²) in [5.41, 5.74) is 2.74. The van der Waals surface area contributed by atoms with Crippen molar-refractivity contribution < 1.29 is 19.1 Å². The number of carbonyl (C=O) groups is 2. The molecule has 0 aliphatic heterocycles. The highest BCUT2D eigenvalue weighted by Crippen LogP contribution is 2.17. The van der Waals surface area contributed by atoms with Crippen LogP contribution in [0, 0.1) is 0 Å². The van der Waals surface area contributed by atoms with E-state index in [9.17, 15) is 9.59 Å². The lowest BCUT2D eigenvalue weighted by Gasteiger charge is -2.20. The molecule has 2 atom stereocenters. The summed E-state index contributed by atoms with van der Waals surface area (Å²) in [5.74, 6) is -0.996. The van der Waals surface area contributed by atoms with E-state index in [1.807, 2.05) is 42.5 Å². The van der Waals surface area contributed by atoms with Crippen LogP contribution >= 0.6 is 0 Å². The van der Waals surface area contributed by atoms with Gasteiger partial charge in [0.15, 0.2) is 6.10 Å². The van der Waals surface area contributed by atoms with Crippen molar-refractivity contribution in [1.29, 1.82) is 0 Å². The maximum absolute atomic E-state index is 12.7. The molecule has 3 aromatic rings. The molecule has 28 heavy (non-hydrogen) atoms. The minimum atomic E-state index is -0.908. The van der Waals surface area contributed by atoms with Gasteiger partial charge in [0.1, 0.15) is 6.04 Å². The number of benzene rings is 2. The molecule has 3 rings (SSSR count).